The molecule has 3 aliphatic rings. The highest BCUT2D eigenvalue weighted by atomic mass is 15.1. The molecule has 60 heavy (non-hydrogen) atoms. The Kier molecular flexibility index (Phi) is 10.6. The van der Waals surface area contributed by atoms with Gasteiger partial charge in [0.15, 0.2) is 23.6 Å². The second-order valence-corrected chi connectivity index (χ2v) is 21.6. The lowest BCUT2D eigenvalue weighted by Gasteiger charge is -2.49. The lowest BCUT2D eigenvalue weighted by Crippen LogP contribution is -2.70. The lowest BCUT2D eigenvalue weighted by atomic mass is 9.55. The van der Waals surface area contributed by atoms with Crippen molar-refractivity contribution in [2.45, 2.75) is 180 Å². The number of benzene rings is 3. The molecule has 0 saturated carbocycles. The van der Waals surface area contributed by atoms with Gasteiger partial charge in [-0.25, -0.2) is 0 Å². The van der Waals surface area contributed by atoms with Gasteiger partial charge in [0.25, 0.3) is 0 Å². The standard InChI is InChI=1S/C58H74N2/c1-14-17-21-29-56(12)33-32-55(10,11)48-36-42(26-27-46(48)56)43-28-35-60-52(37-43)45-38-49-50(54(8,9)31-30-53(49,6)7)39-47(45)58(16-3,57(60,13)15-2)41(5)59-34-22-20-25-51(59)44-24-19-18-23-40(44)4/h18-20,22-28,34-39H,5,14-17,21,29-33H2,1-4,6-13H3/q+2. The average Bonchev–Trinajstić information content (AvgIpc) is 3.24. The van der Waals surface area contributed by atoms with Crippen LogP contribution in [0.2, 0.25) is 0 Å². The zero-order chi connectivity index (χ0) is 43.0. The average molecular weight is 799 g/mol. The van der Waals surface area contributed by atoms with Gasteiger partial charge in [0.1, 0.15) is 5.41 Å². The molecule has 3 atom stereocenters. The summed E-state index contributed by atoms with van der Waals surface area (Å²) in [5.74, 6) is 0. The van der Waals surface area contributed by atoms with Crippen LogP contribution in [0.25, 0.3) is 39.3 Å². The summed E-state index contributed by atoms with van der Waals surface area (Å²) >= 11 is 0. The summed E-state index contributed by atoms with van der Waals surface area (Å²) in [6, 6.07) is 33.3. The number of hydrogen-bond acceptors (Lipinski definition) is 0. The van der Waals surface area contributed by atoms with Gasteiger partial charge in [0, 0.05) is 43.2 Å². The van der Waals surface area contributed by atoms with E-state index in [0.717, 1.165) is 18.5 Å². The Morgan fingerprint density at radius 2 is 1.20 bits per heavy atom. The smallest absolute Gasteiger partial charge is 0.192 e. The summed E-state index contributed by atoms with van der Waals surface area (Å²) in [4.78, 5) is 0. The van der Waals surface area contributed by atoms with E-state index in [2.05, 4.69) is 190 Å². The van der Waals surface area contributed by atoms with Crippen LogP contribution in [0.3, 0.4) is 0 Å². The van der Waals surface area contributed by atoms with Crippen molar-refractivity contribution in [1.82, 2.24) is 0 Å². The molecule has 2 aromatic heterocycles. The molecule has 0 radical (unpaired) electrons. The predicted octanol–water partition coefficient (Wildman–Crippen LogP) is 14.8. The van der Waals surface area contributed by atoms with Crippen molar-refractivity contribution in [1.29, 1.82) is 0 Å². The maximum Gasteiger partial charge on any atom is 0.218 e. The minimum atomic E-state index is -0.412. The molecule has 0 bridgehead atoms. The molecule has 314 valence electrons. The first-order chi connectivity index (χ1) is 28.4. The summed E-state index contributed by atoms with van der Waals surface area (Å²) in [5.41, 5.74) is 17.6. The summed E-state index contributed by atoms with van der Waals surface area (Å²) in [5, 5.41) is 0. The van der Waals surface area contributed by atoms with Gasteiger partial charge >= 0.3 is 0 Å². The Morgan fingerprint density at radius 3 is 1.87 bits per heavy atom. The van der Waals surface area contributed by atoms with Gasteiger partial charge in [-0.1, -0.05) is 131 Å². The summed E-state index contributed by atoms with van der Waals surface area (Å²) in [6.45, 7) is 34.5. The molecule has 0 saturated heterocycles. The number of allylic oxidation sites excluding steroid dienone is 1. The van der Waals surface area contributed by atoms with E-state index >= 15 is 0 Å². The Labute approximate surface area is 364 Å². The van der Waals surface area contributed by atoms with Gasteiger partial charge in [-0.15, -0.1) is 0 Å². The molecule has 5 aromatic rings. The second kappa shape index (κ2) is 15.0. The third-order valence-corrected chi connectivity index (χ3v) is 16.8. The second-order valence-electron chi connectivity index (χ2n) is 21.6. The molecule has 2 nitrogen and oxygen atoms in total. The molecule has 3 heterocycles. The van der Waals surface area contributed by atoms with Gasteiger partial charge in [-0.2, -0.15) is 9.13 Å². The van der Waals surface area contributed by atoms with E-state index in [9.17, 15) is 0 Å². The Bertz CT molecular complexity index is 2480. The van der Waals surface area contributed by atoms with Crippen LogP contribution in [0.4, 0.5) is 0 Å². The zero-order valence-electron chi connectivity index (χ0n) is 39.4. The Balaban J connectivity index is 1.38. The number of pyridine rings is 2. The van der Waals surface area contributed by atoms with Crippen molar-refractivity contribution in [2.24, 2.45) is 0 Å². The van der Waals surface area contributed by atoms with E-state index in [-0.39, 0.29) is 27.2 Å². The highest BCUT2D eigenvalue weighted by Gasteiger charge is 2.65. The minimum absolute atomic E-state index is 0.0752. The summed E-state index contributed by atoms with van der Waals surface area (Å²) in [6.07, 6.45) is 16.6. The molecular formula is C58H74N2+2. The van der Waals surface area contributed by atoms with Crippen molar-refractivity contribution < 1.29 is 9.13 Å². The number of fused-ring (bicyclic) bond motifs is 5. The van der Waals surface area contributed by atoms with E-state index in [1.165, 1.54) is 107 Å². The van der Waals surface area contributed by atoms with E-state index in [1.54, 1.807) is 11.1 Å². The fourth-order valence-electron chi connectivity index (χ4n) is 12.4. The Morgan fingerprint density at radius 1 is 0.567 bits per heavy atom. The van der Waals surface area contributed by atoms with Crippen LogP contribution in [0.15, 0.2) is 104 Å². The summed E-state index contributed by atoms with van der Waals surface area (Å²) < 4.78 is 5.10. The molecule has 2 heteroatoms. The first kappa shape index (κ1) is 42.4. The van der Waals surface area contributed by atoms with Crippen molar-refractivity contribution in [3.8, 4) is 33.6 Å². The third kappa shape index (κ3) is 6.40. The minimum Gasteiger partial charge on any atom is -0.192 e. The monoisotopic (exact) mass is 799 g/mol. The number of nitrogens with zero attached hydrogens (tertiary/aromatic N) is 2. The SMILES string of the molecule is C=C([n+]1ccccc1-c1ccccc1C)C1(CC)c2cc3c(cc2-c2cc(-c4ccc5c(c4)C(C)(C)CCC5(C)CCCCC)cc[n+]2C1(C)CC)C(C)(C)CCC3(C)C. The van der Waals surface area contributed by atoms with E-state index in [1.807, 2.05) is 0 Å². The van der Waals surface area contributed by atoms with Crippen LogP contribution in [-0.4, -0.2) is 0 Å². The van der Waals surface area contributed by atoms with E-state index in [0.29, 0.717) is 0 Å². The van der Waals surface area contributed by atoms with Crippen LogP contribution in [0, 0.1) is 6.92 Å². The van der Waals surface area contributed by atoms with Gasteiger partial charge in [-0.05, 0) is 136 Å². The molecule has 0 amide bonds. The topological polar surface area (TPSA) is 7.76 Å². The predicted molar refractivity (Wildman–Crippen MR) is 255 cm³/mol. The van der Waals surface area contributed by atoms with Crippen molar-refractivity contribution >= 4 is 5.70 Å². The first-order valence-corrected chi connectivity index (χ1v) is 23.6. The highest BCUT2D eigenvalue weighted by molar-refractivity contribution is 5.78. The van der Waals surface area contributed by atoms with Gasteiger partial charge in [0.05, 0.1) is 5.56 Å². The molecule has 2 aliphatic carbocycles. The maximum absolute atomic E-state index is 5.20. The van der Waals surface area contributed by atoms with E-state index in [4.69, 9.17) is 6.58 Å². The molecule has 3 unspecified atom stereocenters. The normalized spacial score (nSPS) is 24.5. The van der Waals surface area contributed by atoms with Crippen LogP contribution in [-0.2, 0) is 32.6 Å². The molecule has 1 aliphatic heterocycles. The fraction of sp³-hybridized carbons (Fsp3) is 0.483. The van der Waals surface area contributed by atoms with Crippen LogP contribution >= 0.6 is 0 Å². The molecule has 3 aromatic carbocycles. The highest BCUT2D eigenvalue weighted by Crippen LogP contribution is 2.58. The number of aryl methyl sites for hydroxylation is 1. The zero-order valence-corrected chi connectivity index (χ0v) is 39.4. The van der Waals surface area contributed by atoms with Crippen LogP contribution < -0.4 is 9.13 Å². The molecular weight excluding hydrogens is 725 g/mol. The van der Waals surface area contributed by atoms with Crippen molar-refractivity contribution in [2.75, 3.05) is 0 Å². The lowest BCUT2D eigenvalue weighted by molar-refractivity contribution is -0.766. The molecule has 0 fully saturated rings. The van der Waals surface area contributed by atoms with Crippen LogP contribution in [0.1, 0.15) is 174 Å². The molecule has 8 rings (SSSR count). The van der Waals surface area contributed by atoms with E-state index < -0.39 is 5.41 Å². The van der Waals surface area contributed by atoms with Crippen molar-refractivity contribution in [3.63, 3.8) is 0 Å². The number of aromatic nitrogens is 2. The van der Waals surface area contributed by atoms with Gasteiger partial charge in [-0.3, -0.25) is 0 Å². The van der Waals surface area contributed by atoms with Gasteiger partial charge in [0.2, 0.25) is 11.4 Å². The molecule has 0 N–H and O–H groups in total. The first-order valence-electron chi connectivity index (χ1n) is 23.6. The molecule has 0 spiro atoms. The third-order valence-electron chi connectivity index (χ3n) is 16.8. The Hall–Kier alpha value is -4.30. The number of unbranched alkanes of at least 4 members (excludes halogenated alkanes) is 2. The maximum atomic E-state index is 5.20. The largest absolute Gasteiger partial charge is 0.218 e. The number of hydrogen-bond donors (Lipinski definition) is 0. The van der Waals surface area contributed by atoms with Crippen molar-refractivity contribution in [3.05, 3.63) is 137 Å². The van der Waals surface area contributed by atoms with Gasteiger partial charge < -0.3 is 0 Å². The quantitative estimate of drug-likeness (QED) is 0.0982. The van der Waals surface area contributed by atoms with Crippen LogP contribution in [0.5, 0.6) is 0 Å². The summed E-state index contributed by atoms with van der Waals surface area (Å²) in [7, 11) is 0. The number of rotatable bonds is 10. The fourth-order valence-corrected chi connectivity index (χ4v) is 12.4.